The minimum Gasteiger partial charge on any atom is -0.496 e. The predicted octanol–water partition coefficient (Wildman–Crippen LogP) is 4.75. The van der Waals surface area contributed by atoms with Gasteiger partial charge in [-0.25, -0.2) is 4.58 Å². The van der Waals surface area contributed by atoms with Gasteiger partial charge in [-0.05, 0) is 37.6 Å². The number of benzene rings is 3. The van der Waals surface area contributed by atoms with Gasteiger partial charge in [-0.2, -0.15) is 0 Å². The first-order valence-electron chi connectivity index (χ1n) is 15.2. The summed E-state index contributed by atoms with van der Waals surface area (Å²) in [6, 6.07) is 17.1. The molecule has 0 saturated carbocycles. The lowest BCUT2D eigenvalue weighted by Crippen LogP contribution is -2.30. The van der Waals surface area contributed by atoms with Crippen LogP contribution in [-0.4, -0.2) is 88.7 Å². The van der Waals surface area contributed by atoms with Crippen LogP contribution in [0.25, 0.3) is 33.4 Å². The van der Waals surface area contributed by atoms with Crippen molar-refractivity contribution in [1.29, 1.82) is 0 Å². The van der Waals surface area contributed by atoms with Crippen molar-refractivity contribution < 1.29 is 18.7 Å². The largest absolute Gasteiger partial charge is 0.496 e. The first-order valence-corrected chi connectivity index (χ1v) is 15.2. The maximum absolute atomic E-state index is 12.3. The van der Waals surface area contributed by atoms with Gasteiger partial charge in [0.05, 0.1) is 31.2 Å². The molecule has 44 heavy (non-hydrogen) atoms. The van der Waals surface area contributed by atoms with Crippen molar-refractivity contribution in [3.05, 3.63) is 53.9 Å². The molecular formula is C35H48N5O4+. The summed E-state index contributed by atoms with van der Waals surface area (Å²) in [7, 11) is 15.6. The standard InChI is InChI=1S/C35H47N5O4/c1-10-40(18-11-12-34(41)36-17-19-42-8)30-23-31(43-9)28(22-29(30)39(6)7)35-26-15-13-24(37(2)3)20-32(26)44-33-21-25(38(4)5)14-16-27(33)35/h13-16,20-23H,10-12,17-19H2,1-9H3/p+1. The highest BCUT2D eigenvalue weighted by atomic mass is 16.5. The second kappa shape index (κ2) is 14.5. The highest BCUT2D eigenvalue weighted by Crippen LogP contribution is 2.47. The molecule has 1 N–H and O–H groups in total. The molecule has 236 valence electrons. The fourth-order valence-corrected chi connectivity index (χ4v) is 5.51. The Morgan fingerprint density at radius 3 is 2.34 bits per heavy atom. The van der Waals surface area contributed by atoms with Crippen LogP contribution in [0.4, 0.5) is 17.1 Å². The van der Waals surface area contributed by atoms with Gasteiger partial charge in [0.2, 0.25) is 11.3 Å². The van der Waals surface area contributed by atoms with E-state index in [1.54, 1.807) is 14.2 Å². The van der Waals surface area contributed by atoms with Crippen LogP contribution in [0.1, 0.15) is 19.8 Å². The second-order valence-electron chi connectivity index (χ2n) is 11.6. The number of hydrogen-bond acceptors (Lipinski definition) is 7. The molecule has 2 aromatic rings. The third-order valence-electron chi connectivity index (χ3n) is 7.95. The first kappa shape index (κ1) is 32.7. The average molecular weight is 603 g/mol. The number of ether oxygens (including phenoxy) is 2. The number of carbonyl (C=O) groups excluding carboxylic acids is 1. The highest BCUT2D eigenvalue weighted by molar-refractivity contribution is 6.05. The summed E-state index contributed by atoms with van der Waals surface area (Å²) in [5.41, 5.74) is 7.10. The number of nitrogens with zero attached hydrogens (tertiary/aromatic N) is 4. The van der Waals surface area contributed by atoms with Crippen molar-refractivity contribution in [2.75, 3.05) is 97.4 Å². The Hall–Kier alpha value is -4.24. The predicted molar refractivity (Wildman–Crippen MR) is 183 cm³/mol. The highest BCUT2D eigenvalue weighted by Gasteiger charge is 2.24. The SMILES string of the molecule is CCN(CCCC(=O)NCCOC)c1cc(OC)c(-c2c3ccc(=[N+](C)C)cc-3oc3cc(N(C)C)ccc23)cc1N(C)C. The fourth-order valence-electron chi connectivity index (χ4n) is 5.51. The van der Waals surface area contributed by atoms with Gasteiger partial charge in [-0.3, -0.25) is 4.79 Å². The van der Waals surface area contributed by atoms with Crippen LogP contribution in [-0.2, 0) is 9.53 Å². The molecule has 0 saturated heterocycles. The van der Waals surface area contributed by atoms with Crippen LogP contribution in [0.2, 0.25) is 0 Å². The molecule has 0 spiro atoms. The van der Waals surface area contributed by atoms with Crippen molar-refractivity contribution in [2.24, 2.45) is 0 Å². The van der Waals surface area contributed by atoms with E-state index in [1.165, 1.54) is 0 Å². The van der Waals surface area contributed by atoms with Crippen molar-refractivity contribution in [2.45, 2.75) is 19.8 Å². The lowest BCUT2D eigenvalue weighted by molar-refractivity contribution is -0.121. The van der Waals surface area contributed by atoms with Gasteiger partial charge in [0, 0.05) is 107 Å². The average Bonchev–Trinajstić information content (AvgIpc) is 3.00. The number of rotatable bonds is 13. The Balaban J connectivity index is 1.86. The summed E-state index contributed by atoms with van der Waals surface area (Å²) >= 11 is 0. The summed E-state index contributed by atoms with van der Waals surface area (Å²) < 4.78 is 19.8. The van der Waals surface area contributed by atoms with E-state index in [0.717, 1.165) is 81.1 Å². The van der Waals surface area contributed by atoms with Crippen LogP contribution in [0.5, 0.6) is 5.75 Å². The summed E-state index contributed by atoms with van der Waals surface area (Å²) in [6.45, 7) is 4.72. The van der Waals surface area contributed by atoms with Crippen LogP contribution in [0.3, 0.4) is 0 Å². The molecule has 2 aliphatic rings. The first-order chi connectivity index (χ1) is 21.1. The molecule has 1 aliphatic carbocycles. The molecule has 2 aromatic carbocycles. The van der Waals surface area contributed by atoms with Crippen LogP contribution >= 0.6 is 0 Å². The van der Waals surface area contributed by atoms with E-state index in [1.807, 2.05) is 28.2 Å². The molecule has 9 heteroatoms. The van der Waals surface area contributed by atoms with E-state index in [-0.39, 0.29) is 5.91 Å². The van der Waals surface area contributed by atoms with Crippen molar-refractivity contribution in [3.8, 4) is 28.2 Å². The summed E-state index contributed by atoms with van der Waals surface area (Å²) in [5.74, 6) is 1.64. The van der Waals surface area contributed by atoms with Gasteiger partial charge < -0.3 is 33.9 Å². The lowest BCUT2D eigenvalue weighted by Gasteiger charge is -2.30. The third-order valence-corrected chi connectivity index (χ3v) is 7.95. The van der Waals surface area contributed by atoms with E-state index in [2.05, 4.69) is 94.1 Å². The Bertz CT molecular complexity index is 1640. The van der Waals surface area contributed by atoms with E-state index in [4.69, 9.17) is 13.9 Å². The smallest absolute Gasteiger partial charge is 0.220 e. The molecule has 0 unspecified atom stereocenters. The van der Waals surface area contributed by atoms with E-state index in [0.29, 0.717) is 19.6 Å². The number of methoxy groups -OCH3 is 2. The van der Waals surface area contributed by atoms with Gasteiger partial charge in [-0.15, -0.1) is 0 Å². The molecule has 0 atom stereocenters. The normalized spacial score (nSPS) is 11.1. The zero-order valence-corrected chi connectivity index (χ0v) is 27.8. The molecule has 0 aromatic heterocycles. The van der Waals surface area contributed by atoms with Crippen LogP contribution < -0.4 is 34.7 Å². The lowest BCUT2D eigenvalue weighted by atomic mass is 9.92. The van der Waals surface area contributed by atoms with Crippen molar-refractivity contribution in [1.82, 2.24) is 9.89 Å². The van der Waals surface area contributed by atoms with E-state index in [9.17, 15) is 4.79 Å². The Morgan fingerprint density at radius 2 is 1.70 bits per heavy atom. The Kier molecular flexibility index (Phi) is 10.8. The maximum Gasteiger partial charge on any atom is 0.220 e. The van der Waals surface area contributed by atoms with Gasteiger partial charge in [0.1, 0.15) is 31.2 Å². The number of amides is 1. The van der Waals surface area contributed by atoms with Gasteiger partial charge in [0.25, 0.3) is 0 Å². The molecule has 1 aliphatic heterocycles. The third kappa shape index (κ3) is 7.10. The molecule has 4 rings (SSSR count). The van der Waals surface area contributed by atoms with Gasteiger partial charge >= 0.3 is 0 Å². The molecule has 0 radical (unpaired) electrons. The van der Waals surface area contributed by atoms with E-state index >= 15 is 0 Å². The molecule has 0 fully saturated rings. The fraction of sp³-hybridized carbons (Fsp3) is 0.429. The minimum atomic E-state index is 0.0435. The van der Waals surface area contributed by atoms with Crippen LogP contribution in [0, 0.1) is 0 Å². The van der Waals surface area contributed by atoms with Gasteiger partial charge in [0.15, 0.2) is 0 Å². The monoisotopic (exact) mass is 602 g/mol. The number of carbonyl (C=O) groups is 1. The maximum atomic E-state index is 12.3. The molecule has 1 amide bonds. The van der Waals surface area contributed by atoms with Crippen LogP contribution in [0.15, 0.2) is 52.9 Å². The topological polar surface area (TPSA) is 73.4 Å². The zero-order valence-electron chi connectivity index (χ0n) is 27.8. The van der Waals surface area contributed by atoms with Crippen molar-refractivity contribution in [3.63, 3.8) is 0 Å². The molecular weight excluding hydrogens is 554 g/mol. The zero-order chi connectivity index (χ0) is 32.0. The molecule has 9 nitrogen and oxygen atoms in total. The Labute approximate surface area is 261 Å². The minimum absolute atomic E-state index is 0.0435. The quantitative estimate of drug-likeness (QED) is 0.135. The number of hydrogen-bond donors (Lipinski definition) is 1. The number of fused-ring (bicyclic) bond motifs is 2. The number of anilines is 3. The van der Waals surface area contributed by atoms with E-state index < -0.39 is 0 Å². The second-order valence-corrected chi connectivity index (χ2v) is 11.6. The summed E-state index contributed by atoms with van der Waals surface area (Å²) in [4.78, 5) is 18.8. The van der Waals surface area contributed by atoms with Gasteiger partial charge in [-0.1, -0.05) is 0 Å². The summed E-state index contributed by atoms with van der Waals surface area (Å²) in [5, 5.41) is 5.00. The molecule has 1 heterocycles. The number of nitrogens with one attached hydrogen (secondary N) is 1. The molecule has 0 bridgehead atoms. The van der Waals surface area contributed by atoms with Crippen molar-refractivity contribution >= 4 is 33.9 Å². The summed E-state index contributed by atoms with van der Waals surface area (Å²) in [6.07, 6.45) is 1.20. The Morgan fingerprint density at radius 1 is 0.932 bits per heavy atom.